The third kappa shape index (κ3) is 4.08. The molecule has 0 radical (unpaired) electrons. The van der Waals surface area contributed by atoms with Gasteiger partial charge in [-0.25, -0.2) is 0 Å². The molecule has 1 heterocycles. The van der Waals surface area contributed by atoms with Crippen molar-refractivity contribution < 1.29 is 0 Å². The summed E-state index contributed by atoms with van der Waals surface area (Å²) in [6, 6.07) is 8.33. The van der Waals surface area contributed by atoms with Crippen LogP contribution in [0.25, 0.3) is 0 Å². The van der Waals surface area contributed by atoms with E-state index in [1.165, 1.54) is 11.1 Å². The second kappa shape index (κ2) is 6.73. The lowest BCUT2D eigenvalue weighted by Gasteiger charge is -2.17. The molecular weight excluding hydrogens is 258 g/mol. The summed E-state index contributed by atoms with van der Waals surface area (Å²) < 4.78 is 1.84. The third-order valence-corrected chi connectivity index (χ3v) is 3.33. The van der Waals surface area contributed by atoms with E-state index in [4.69, 9.17) is 11.6 Å². The van der Waals surface area contributed by atoms with E-state index < -0.39 is 0 Å². The van der Waals surface area contributed by atoms with Gasteiger partial charge in [0.25, 0.3) is 0 Å². The van der Waals surface area contributed by atoms with Gasteiger partial charge in [-0.3, -0.25) is 4.68 Å². The fourth-order valence-corrected chi connectivity index (χ4v) is 2.36. The molecule has 1 aromatic carbocycles. The van der Waals surface area contributed by atoms with Crippen molar-refractivity contribution in [3.8, 4) is 0 Å². The molecule has 2 rings (SSSR count). The van der Waals surface area contributed by atoms with Gasteiger partial charge in [0.2, 0.25) is 0 Å². The van der Waals surface area contributed by atoms with Gasteiger partial charge in [0.1, 0.15) is 0 Å². The molecule has 1 N–H and O–H groups in total. The monoisotopic (exact) mass is 277 g/mol. The van der Waals surface area contributed by atoms with Gasteiger partial charge in [0.15, 0.2) is 0 Å². The van der Waals surface area contributed by atoms with Gasteiger partial charge in [-0.2, -0.15) is 5.10 Å². The Morgan fingerprint density at radius 3 is 2.89 bits per heavy atom. The first-order chi connectivity index (χ1) is 9.19. The van der Waals surface area contributed by atoms with Crippen molar-refractivity contribution in [2.24, 2.45) is 7.05 Å². The quantitative estimate of drug-likeness (QED) is 0.877. The van der Waals surface area contributed by atoms with Crippen LogP contribution in [0.1, 0.15) is 30.5 Å². The maximum Gasteiger partial charge on any atom is 0.0537 e. The third-order valence-electron chi connectivity index (χ3n) is 3.10. The average molecular weight is 278 g/mol. The van der Waals surface area contributed by atoms with Gasteiger partial charge >= 0.3 is 0 Å². The number of aryl methyl sites for hydroxylation is 1. The molecule has 0 aliphatic rings. The van der Waals surface area contributed by atoms with E-state index in [2.05, 4.69) is 29.6 Å². The molecule has 0 fully saturated rings. The summed E-state index contributed by atoms with van der Waals surface area (Å²) >= 11 is 6.05. The Kier molecular flexibility index (Phi) is 5.00. The number of nitrogens with zero attached hydrogens (tertiary/aromatic N) is 2. The van der Waals surface area contributed by atoms with Crippen molar-refractivity contribution in [1.29, 1.82) is 0 Å². The van der Waals surface area contributed by atoms with E-state index in [0.717, 1.165) is 24.4 Å². The van der Waals surface area contributed by atoms with E-state index in [9.17, 15) is 0 Å². The molecule has 0 saturated carbocycles. The summed E-state index contributed by atoms with van der Waals surface area (Å²) in [4.78, 5) is 0. The Balaban J connectivity index is 2.13. The minimum Gasteiger partial charge on any atom is -0.310 e. The lowest BCUT2D eigenvalue weighted by atomic mass is 10.0. The van der Waals surface area contributed by atoms with Crippen molar-refractivity contribution in [3.05, 3.63) is 52.8 Å². The fraction of sp³-hybridized carbons (Fsp3) is 0.400. The van der Waals surface area contributed by atoms with E-state index in [1.807, 2.05) is 36.1 Å². The van der Waals surface area contributed by atoms with Crippen molar-refractivity contribution in [2.45, 2.75) is 25.8 Å². The molecule has 3 nitrogen and oxygen atoms in total. The van der Waals surface area contributed by atoms with E-state index >= 15 is 0 Å². The van der Waals surface area contributed by atoms with Gasteiger partial charge in [0.05, 0.1) is 6.20 Å². The smallest absolute Gasteiger partial charge is 0.0537 e. The molecule has 1 aromatic heterocycles. The first-order valence-electron chi connectivity index (χ1n) is 6.65. The maximum atomic E-state index is 6.05. The summed E-state index contributed by atoms with van der Waals surface area (Å²) in [5, 5.41) is 8.62. The van der Waals surface area contributed by atoms with Crippen molar-refractivity contribution >= 4 is 11.6 Å². The van der Waals surface area contributed by atoms with E-state index in [-0.39, 0.29) is 6.04 Å². The largest absolute Gasteiger partial charge is 0.310 e. The number of benzene rings is 1. The number of aromatic nitrogens is 2. The van der Waals surface area contributed by atoms with Crippen molar-refractivity contribution in [1.82, 2.24) is 15.1 Å². The molecule has 19 heavy (non-hydrogen) atoms. The minimum atomic E-state index is 0.284. The van der Waals surface area contributed by atoms with Gasteiger partial charge in [-0.05, 0) is 37.1 Å². The summed E-state index contributed by atoms with van der Waals surface area (Å²) in [5.74, 6) is 0. The van der Waals surface area contributed by atoms with Crippen LogP contribution in [-0.2, 0) is 13.5 Å². The lowest BCUT2D eigenvalue weighted by molar-refractivity contribution is 0.529. The van der Waals surface area contributed by atoms with Gasteiger partial charge in [0, 0.05) is 29.9 Å². The van der Waals surface area contributed by atoms with Crippen molar-refractivity contribution in [2.75, 3.05) is 6.54 Å². The highest BCUT2D eigenvalue weighted by Gasteiger charge is 2.13. The van der Waals surface area contributed by atoms with Crippen LogP contribution in [0.3, 0.4) is 0 Å². The zero-order chi connectivity index (χ0) is 13.7. The Hall–Kier alpha value is -1.32. The maximum absolute atomic E-state index is 6.05. The van der Waals surface area contributed by atoms with Crippen LogP contribution in [0.2, 0.25) is 5.02 Å². The zero-order valence-electron chi connectivity index (χ0n) is 11.4. The fourth-order valence-electron chi connectivity index (χ4n) is 2.15. The molecule has 0 spiro atoms. The van der Waals surface area contributed by atoms with Crippen LogP contribution >= 0.6 is 11.6 Å². The number of rotatable bonds is 6. The van der Waals surface area contributed by atoms with Crippen LogP contribution in [0.5, 0.6) is 0 Å². The molecule has 4 heteroatoms. The normalized spacial score (nSPS) is 12.6. The first kappa shape index (κ1) is 14.1. The Morgan fingerprint density at radius 1 is 1.42 bits per heavy atom. The van der Waals surface area contributed by atoms with Crippen LogP contribution in [0, 0.1) is 0 Å². The Bertz CT molecular complexity index is 522. The highest BCUT2D eigenvalue weighted by molar-refractivity contribution is 6.30. The van der Waals surface area contributed by atoms with Gasteiger partial charge < -0.3 is 5.32 Å². The molecule has 102 valence electrons. The molecule has 0 aliphatic carbocycles. The van der Waals surface area contributed by atoms with Crippen LogP contribution in [0.4, 0.5) is 0 Å². The molecule has 0 aliphatic heterocycles. The summed E-state index contributed by atoms with van der Waals surface area (Å²) in [6.45, 7) is 3.17. The summed E-state index contributed by atoms with van der Waals surface area (Å²) in [5.41, 5.74) is 2.46. The van der Waals surface area contributed by atoms with Crippen LogP contribution in [-0.4, -0.2) is 16.3 Å². The van der Waals surface area contributed by atoms with Crippen LogP contribution in [0.15, 0.2) is 36.7 Å². The van der Waals surface area contributed by atoms with Crippen LogP contribution < -0.4 is 5.32 Å². The Morgan fingerprint density at radius 2 is 2.26 bits per heavy atom. The standard InChI is InChI=1S/C15H20ClN3/c1-3-7-17-15(13-10-18-19(2)11-13)9-12-5-4-6-14(16)8-12/h4-6,8,10-11,15,17H,3,7,9H2,1-2H3. The first-order valence-corrected chi connectivity index (χ1v) is 7.03. The summed E-state index contributed by atoms with van der Waals surface area (Å²) in [6.07, 6.45) is 6.04. The second-order valence-corrected chi connectivity index (χ2v) is 5.22. The molecule has 0 saturated heterocycles. The minimum absolute atomic E-state index is 0.284. The highest BCUT2D eigenvalue weighted by atomic mass is 35.5. The van der Waals surface area contributed by atoms with Crippen molar-refractivity contribution in [3.63, 3.8) is 0 Å². The predicted octanol–water partition coefficient (Wildman–Crippen LogP) is 3.36. The average Bonchev–Trinajstić information content (AvgIpc) is 2.81. The zero-order valence-corrected chi connectivity index (χ0v) is 12.2. The van der Waals surface area contributed by atoms with E-state index in [1.54, 1.807) is 0 Å². The molecule has 2 aromatic rings. The number of hydrogen-bond acceptors (Lipinski definition) is 2. The highest BCUT2D eigenvalue weighted by Crippen LogP contribution is 2.20. The van der Waals surface area contributed by atoms with E-state index in [0.29, 0.717) is 0 Å². The second-order valence-electron chi connectivity index (χ2n) is 4.79. The molecule has 1 unspecified atom stereocenters. The lowest BCUT2D eigenvalue weighted by Crippen LogP contribution is -2.23. The topological polar surface area (TPSA) is 29.9 Å². The number of halogens is 1. The summed E-state index contributed by atoms with van der Waals surface area (Å²) in [7, 11) is 1.94. The SMILES string of the molecule is CCCNC(Cc1cccc(Cl)c1)c1cnn(C)c1. The predicted molar refractivity (Wildman–Crippen MR) is 79.4 cm³/mol. The molecule has 0 amide bonds. The number of hydrogen-bond donors (Lipinski definition) is 1. The van der Waals surface area contributed by atoms with Gasteiger partial charge in [-0.1, -0.05) is 30.7 Å². The Labute approximate surface area is 119 Å². The number of nitrogens with one attached hydrogen (secondary N) is 1. The molecule has 0 bridgehead atoms. The van der Waals surface area contributed by atoms with Gasteiger partial charge in [-0.15, -0.1) is 0 Å². The molecular formula is C15H20ClN3. The molecule has 1 atom stereocenters.